The molecule has 0 saturated heterocycles. The number of ether oxygens (including phenoxy) is 1. The number of amides is 1. The molecule has 0 unspecified atom stereocenters. The van der Waals surface area contributed by atoms with Crippen molar-refractivity contribution in [3.8, 4) is 11.6 Å². The third kappa shape index (κ3) is 3.65. The van der Waals surface area contributed by atoms with E-state index in [2.05, 4.69) is 33.0 Å². The van der Waals surface area contributed by atoms with Crippen LogP contribution in [0, 0.1) is 13.8 Å². The number of nitrogens with one attached hydrogen (secondary N) is 1. The van der Waals surface area contributed by atoms with Crippen LogP contribution in [0.5, 0.6) is 5.88 Å². The van der Waals surface area contributed by atoms with Crippen LogP contribution in [0.25, 0.3) is 16.7 Å². The van der Waals surface area contributed by atoms with Crippen LogP contribution in [0.3, 0.4) is 0 Å². The number of hydrogen-bond acceptors (Lipinski definition) is 5. The van der Waals surface area contributed by atoms with Crippen molar-refractivity contribution < 1.29 is 9.53 Å². The van der Waals surface area contributed by atoms with Gasteiger partial charge in [0.15, 0.2) is 12.3 Å². The summed E-state index contributed by atoms with van der Waals surface area (Å²) >= 11 is 0. The summed E-state index contributed by atoms with van der Waals surface area (Å²) in [5.41, 5.74) is 3.83. The van der Waals surface area contributed by atoms with E-state index in [0.717, 1.165) is 16.8 Å². The van der Waals surface area contributed by atoms with Gasteiger partial charge in [0.25, 0.3) is 5.91 Å². The van der Waals surface area contributed by atoms with Crippen molar-refractivity contribution in [1.29, 1.82) is 0 Å². The van der Waals surface area contributed by atoms with Crippen LogP contribution in [-0.4, -0.2) is 38.8 Å². The smallest absolute Gasteiger partial charge is 0.258 e. The summed E-state index contributed by atoms with van der Waals surface area (Å²) in [6.07, 6.45) is 4.65. The molecule has 0 aliphatic heterocycles. The van der Waals surface area contributed by atoms with E-state index in [9.17, 15) is 4.79 Å². The van der Waals surface area contributed by atoms with Crippen LogP contribution in [0.15, 0.2) is 43.4 Å². The van der Waals surface area contributed by atoms with Gasteiger partial charge in [-0.2, -0.15) is 5.10 Å². The zero-order valence-electron chi connectivity index (χ0n) is 14.2. The summed E-state index contributed by atoms with van der Waals surface area (Å²) in [6, 6.07) is 6.16. The maximum atomic E-state index is 11.7. The molecular formula is C18H19N5O2. The van der Waals surface area contributed by atoms with Gasteiger partial charge in [-0.1, -0.05) is 12.1 Å². The molecule has 7 heteroatoms. The molecular weight excluding hydrogens is 318 g/mol. The number of nitrogens with zero attached hydrogens (tertiary/aromatic N) is 4. The summed E-state index contributed by atoms with van der Waals surface area (Å²) in [5.74, 6) is 0.0859. The summed E-state index contributed by atoms with van der Waals surface area (Å²) in [6.45, 7) is 7.88. The van der Waals surface area contributed by atoms with E-state index >= 15 is 0 Å². The van der Waals surface area contributed by atoms with E-state index in [1.807, 2.05) is 26.0 Å². The molecule has 1 amide bonds. The van der Waals surface area contributed by atoms with Gasteiger partial charge in [-0.3, -0.25) is 4.79 Å². The van der Waals surface area contributed by atoms with Gasteiger partial charge in [0.05, 0.1) is 11.9 Å². The van der Waals surface area contributed by atoms with Gasteiger partial charge in [-0.15, -0.1) is 6.58 Å². The number of carbonyl (C=O) groups excluding carboxylic acids is 1. The quantitative estimate of drug-likeness (QED) is 0.697. The van der Waals surface area contributed by atoms with Gasteiger partial charge in [-0.25, -0.2) is 14.6 Å². The third-order valence-corrected chi connectivity index (χ3v) is 3.56. The summed E-state index contributed by atoms with van der Waals surface area (Å²) in [5, 5.41) is 7.70. The molecule has 0 saturated carbocycles. The highest BCUT2D eigenvalue weighted by Crippen LogP contribution is 2.24. The van der Waals surface area contributed by atoms with E-state index in [4.69, 9.17) is 4.74 Å². The summed E-state index contributed by atoms with van der Waals surface area (Å²) in [4.78, 5) is 20.1. The zero-order chi connectivity index (χ0) is 17.8. The normalized spacial score (nSPS) is 10.6. The number of rotatable bonds is 6. The number of benzene rings is 1. The molecule has 0 radical (unpaired) electrons. The van der Waals surface area contributed by atoms with Crippen molar-refractivity contribution >= 4 is 16.9 Å². The summed E-state index contributed by atoms with van der Waals surface area (Å²) < 4.78 is 7.26. The molecule has 7 nitrogen and oxygen atoms in total. The Morgan fingerprint density at radius 1 is 1.28 bits per heavy atom. The van der Waals surface area contributed by atoms with Crippen molar-refractivity contribution in [2.75, 3.05) is 13.2 Å². The molecule has 0 fully saturated rings. The fourth-order valence-corrected chi connectivity index (χ4v) is 2.57. The van der Waals surface area contributed by atoms with Gasteiger partial charge in [-0.05, 0) is 37.1 Å². The Kier molecular flexibility index (Phi) is 4.74. The molecule has 1 N–H and O–H groups in total. The number of carbonyl (C=O) groups is 1. The van der Waals surface area contributed by atoms with E-state index in [1.165, 1.54) is 6.33 Å². The van der Waals surface area contributed by atoms with E-state index < -0.39 is 0 Å². The Hall–Kier alpha value is -3.22. The van der Waals surface area contributed by atoms with Gasteiger partial charge in [0, 0.05) is 6.54 Å². The van der Waals surface area contributed by atoms with Crippen LogP contribution < -0.4 is 10.1 Å². The van der Waals surface area contributed by atoms with E-state index in [-0.39, 0.29) is 12.5 Å². The lowest BCUT2D eigenvalue weighted by Crippen LogP contribution is -2.29. The van der Waals surface area contributed by atoms with Crippen molar-refractivity contribution in [2.45, 2.75) is 13.8 Å². The minimum Gasteiger partial charge on any atom is -0.467 e. The second-order valence-corrected chi connectivity index (χ2v) is 5.70. The number of hydrogen-bond donors (Lipinski definition) is 1. The largest absolute Gasteiger partial charge is 0.467 e. The molecule has 25 heavy (non-hydrogen) atoms. The highest BCUT2D eigenvalue weighted by molar-refractivity contribution is 5.82. The molecule has 2 heterocycles. The lowest BCUT2D eigenvalue weighted by Gasteiger charge is -2.07. The average molecular weight is 337 g/mol. The zero-order valence-corrected chi connectivity index (χ0v) is 14.2. The van der Waals surface area contributed by atoms with Crippen molar-refractivity contribution in [2.24, 2.45) is 0 Å². The highest BCUT2D eigenvalue weighted by atomic mass is 16.5. The van der Waals surface area contributed by atoms with Crippen LogP contribution in [-0.2, 0) is 4.79 Å². The fourth-order valence-electron chi connectivity index (χ4n) is 2.57. The maximum absolute atomic E-state index is 11.7. The molecule has 0 atom stereocenters. The predicted molar refractivity (Wildman–Crippen MR) is 94.8 cm³/mol. The molecule has 3 aromatic rings. The summed E-state index contributed by atoms with van der Waals surface area (Å²) in [7, 11) is 0. The second kappa shape index (κ2) is 7.12. The second-order valence-electron chi connectivity index (χ2n) is 5.70. The van der Waals surface area contributed by atoms with E-state index in [1.54, 1.807) is 17.0 Å². The molecule has 0 spiro atoms. The van der Waals surface area contributed by atoms with Crippen molar-refractivity contribution in [1.82, 2.24) is 25.1 Å². The van der Waals surface area contributed by atoms with Gasteiger partial charge in [0.1, 0.15) is 11.7 Å². The molecule has 0 bridgehead atoms. The SMILES string of the molecule is C=CCNC(=O)COc1ncnc2c1cnn2-c1cc(C)cc(C)c1. The first-order valence-corrected chi connectivity index (χ1v) is 7.86. The van der Waals surface area contributed by atoms with Gasteiger partial charge < -0.3 is 10.1 Å². The van der Waals surface area contributed by atoms with Crippen LogP contribution in [0.1, 0.15) is 11.1 Å². The van der Waals surface area contributed by atoms with Crippen molar-refractivity contribution in [3.63, 3.8) is 0 Å². The molecule has 3 rings (SSSR count). The Labute approximate surface area is 145 Å². The first-order valence-electron chi connectivity index (χ1n) is 7.86. The molecule has 0 aliphatic rings. The lowest BCUT2D eigenvalue weighted by molar-refractivity contribution is -0.122. The van der Waals surface area contributed by atoms with Crippen LogP contribution in [0.4, 0.5) is 0 Å². The Morgan fingerprint density at radius 2 is 2.04 bits per heavy atom. The Morgan fingerprint density at radius 3 is 2.76 bits per heavy atom. The standard InChI is InChI=1S/C18H19N5O2/c1-4-5-19-16(24)10-25-18-15-9-22-23(17(15)20-11-21-18)14-7-12(2)6-13(3)8-14/h4,6-9,11H,1,5,10H2,2-3H3,(H,19,24). The molecule has 1 aromatic carbocycles. The maximum Gasteiger partial charge on any atom is 0.258 e. The number of aryl methyl sites for hydroxylation is 2. The highest BCUT2D eigenvalue weighted by Gasteiger charge is 2.13. The van der Waals surface area contributed by atoms with Gasteiger partial charge in [0.2, 0.25) is 5.88 Å². The minimum absolute atomic E-state index is 0.130. The number of aromatic nitrogens is 4. The monoisotopic (exact) mass is 337 g/mol. The number of fused-ring (bicyclic) bond motifs is 1. The van der Waals surface area contributed by atoms with Gasteiger partial charge >= 0.3 is 0 Å². The lowest BCUT2D eigenvalue weighted by atomic mass is 10.1. The molecule has 2 aromatic heterocycles. The van der Waals surface area contributed by atoms with Crippen LogP contribution in [0.2, 0.25) is 0 Å². The molecule has 0 aliphatic carbocycles. The first-order chi connectivity index (χ1) is 12.1. The molecule has 128 valence electrons. The predicted octanol–water partition coefficient (Wildman–Crippen LogP) is 2.11. The van der Waals surface area contributed by atoms with Crippen molar-refractivity contribution in [3.05, 3.63) is 54.5 Å². The average Bonchev–Trinajstić information content (AvgIpc) is 3.02. The minimum atomic E-state index is -0.242. The topological polar surface area (TPSA) is 81.9 Å². The van der Waals surface area contributed by atoms with E-state index in [0.29, 0.717) is 23.5 Å². The Balaban J connectivity index is 1.89. The first kappa shape index (κ1) is 16.6. The third-order valence-electron chi connectivity index (χ3n) is 3.56. The van der Waals surface area contributed by atoms with Crippen LogP contribution >= 0.6 is 0 Å². The fraction of sp³-hybridized carbons (Fsp3) is 0.222. The Bertz CT molecular complexity index is 912.